The van der Waals surface area contributed by atoms with Crippen LogP contribution in [0, 0.1) is 5.82 Å². The lowest BCUT2D eigenvalue weighted by atomic mass is 10.1. The summed E-state index contributed by atoms with van der Waals surface area (Å²) in [6.45, 7) is 3.01. The van der Waals surface area contributed by atoms with Crippen molar-refractivity contribution in [2.75, 3.05) is 13.1 Å². The van der Waals surface area contributed by atoms with Crippen molar-refractivity contribution in [2.45, 2.75) is 36.7 Å². The van der Waals surface area contributed by atoms with E-state index in [4.69, 9.17) is 4.42 Å². The Morgan fingerprint density at radius 1 is 0.938 bits per heavy atom. The zero-order valence-electron chi connectivity index (χ0n) is 17.7. The Morgan fingerprint density at radius 2 is 1.72 bits per heavy atom. The lowest BCUT2D eigenvalue weighted by Crippen LogP contribution is -2.30. The first kappa shape index (κ1) is 20.9. The van der Waals surface area contributed by atoms with Crippen LogP contribution in [0.15, 0.2) is 70.4 Å². The molecule has 5 rings (SSSR count). The topological polar surface area (TPSA) is 60.0 Å². The fourth-order valence-electron chi connectivity index (χ4n) is 3.89. The molecule has 0 atom stereocenters. The number of rotatable bonds is 7. The van der Waals surface area contributed by atoms with Crippen LogP contribution < -0.4 is 0 Å². The number of oxazole rings is 1. The molecule has 6 nitrogen and oxygen atoms in total. The average molecular weight is 450 g/mol. The van der Waals surface area contributed by atoms with E-state index < -0.39 is 0 Å². The van der Waals surface area contributed by atoms with E-state index in [0.29, 0.717) is 11.6 Å². The highest BCUT2D eigenvalue weighted by molar-refractivity contribution is 7.98. The fourth-order valence-corrected chi connectivity index (χ4v) is 4.73. The quantitative estimate of drug-likeness (QED) is 0.355. The molecule has 8 heteroatoms. The van der Waals surface area contributed by atoms with Gasteiger partial charge in [0.2, 0.25) is 5.89 Å². The van der Waals surface area contributed by atoms with Crippen LogP contribution in [0.1, 0.15) is 30.8 Å². The third-order valence-corrected chi connectivity index (χ3v) is 6.48. The lowest BCUT2D eigenvalue weighted by molar-refractivity contribution is 0.214. The van der Waals surface area contributed by atoms with Gasteiger partial charge < -0.3 is 4.42 Å². The Kier molecular flexibility index (Phi) is 6.31. The van der Waals surface area contributed by atoms with Crippen LogP contribution in [0.5, 0.6) is 0 Å². The highest BCUT2D eigenvalue weighted by atomic mass is 32.2. The summed E-state index contributed by atoms with van der Waals surface area (Å²) in [5.41, 5.74) is 2.60. The number of halogens is 1. The molecular formula is C24H24FN5OS. The molecule has 1 fully saturated rings. The first-order valence-corrected chi connectivity index (χ1v) is 11.8. The fraction of sp³-hybridized carbons (Fsp3) is 0.292. The van der Waals surface area contributed by atoms with Crippen LogP contribution in [0.25, 0.3) is 17.1 Å². The van der Waals surface area contributed by atoms with E-state index in [1.54, 1.807) is 30.2 Å². The molecule has 0 saturated carbocycles. The molecule has 0 unspecified atom stereocenters. The van der Waals surface area contributed by atoms with Crippen molar-refractivity contribution in [1.82, 2.24) is 24.6 Å². The SMILES string of the molecule is Fc1ccc(-c2nc(CSc3nnc(CN4CCCCC4)n3-c3ccccc3)co2)cc1. The highest BCUT2D eigenvalue weighted by Crippen LogP contribution is 2.27. The molecule has 2 aromatic heterocycles. The van der Waals surface area contributed by atoms with Gasteiger partial charge in [-0.25, -0.2) is 9.37 Å². The first-order valence-electron chi connectivity index (χ1n) is 10.8. The number of aromatic nitrogens is 4. The summed E-state index contributed by atoms with van der Waals surface area (Å²) in [6, 6.07) is 16.4. The van der Waals surface area contributed by atoms with Gasteiger partial charge in [0.1, 0.15) is 12.1 Å². The van der Waals surface area contributed by atoms with Gasteiger partial charge in [-0.05, 0) is 62.3 Å². The van der Waals surface area contributed by atoms with E-state index in [0.717, 1.165) is 47.6 Å². The van der Waals surface area contributed by atoms with Gasteiger partial charge in [-0.3, -0.25) is 9.47 Å². The number of piperidine rings is 1. The van der Waals surface area contributed by atoms with Gasteiger partial charge in [0, 0.05) is 17.0 Å². The molecule has 0 amide bonds. The van der Waals surface area contributed by atoms with Crippen molar-refractivity contribution >= 4 is 11.8 Å². The first-order chi connectivity index (χ1) is 15.8. The summed E-state index contributed by atoms with van der Waals surface area (Å²) in [4.78, 5) is 7.00. The number of hydrogen-bond acceptors (Lipinski definition) is 6. The maximum absolute atomic E-state index is 13.2. The molecule has 0 bridgehead atoms. The van der Waals surface area contributed by atoms with Gasteiger partial charge in [0.05, 0.1) is 12.2 Å². The molecule has 2 aromatic carbocycles. The average Bonchev–Trinajstić information content (AvgIpc) is 3.47. The maximum Gasteiger partial charge on any atom is 0.226 e. The van der Waals surface area contributed by atoms with Gasteiger partial charge in [-0.15, -0.1) is 10.2 Å². The number of benzene rings is 2. The third-order valence-electron chi connectivity index (χ3n) is 5.52. The van der Waals surface area contributed by atoms with Crippen molar-refractivity contribution in [3.8, 4) is 17.1 Å². The van der Waals surface area contributed by atoms with Crippen molar-refractivity contribution in [1.29, 1.82) is 0 Å². The molecule has 0 aliphatic carbocycles. The summed E-state index contributed by atoms with van der Waals surface area (Å²) < 4.78 is 20.9. The highest BCUT2D eigenvalue weighted by Gasteiger charge is 2.19. The minimum atomic E-state index is -0.281. The van der Waals surface area contributed by atoms with E-state index in [-0.39, 0.29) is 5.82 Å². The third kappa shape index (κ3) is 4.76. The molecule has 0 N–H and O–H groups in total. The van der Waals surface area contributed by atoms with E-state index in [1.165, 1.54) is 31.4 Å². The normalized spacial score (nSPS) is 14.7. The second-order valence-corrected chi connectivity index (χ2v) is 8.79. The standard InChI is InChI=1S/C24H24FN5OS/c25-19-11-9-18(10-12-19)23-26-20(16-31-23)17-32-24-28-27-22(15-29-13-5-2-6-14-29)30(24)21-7-3-1-4-8-21/h1,3-4,7-12,16H,2,5-6,13-15,17H2. The smallest absolute Gasteiger partial charge is 0.226 e. The Morgan fingerprint density at radius 3 is 2.50 bits per heavy atom. The van der Waals surface area contributed by atoms with Crippen LogP contribution in [0.3, 0.4) is 0 Å². The molecule has 1 aliphatic heterocycles. The van der Waals surface area contributed by atoms with E-state index in [2.05, 4.69) is 36.8 Å². The van der Waals surface area contributed by atoms with Gasteiger partial charge in [0.25, 0.3) is 0 Å². The Balaban J connectivity index is 1.35. The molecule has 164 valence electrons. The summed E-state index contributed by atoms with van der Waals surface area (Å²) >= 11 is 1.58. The minimum Gasteiger partial charge on any atom is -0.444 e. The lowest BCUT2D eigenvalue weighted by Gasteiger charge is -2.26. The van der Waals surface area contributed by atoms with Gasteiger partial charge in [-0.1, -0.05) is 36.4 Å². The minimum absolute atomic E-state index is 0.281. The summed E-state index contributed by atoms with van der Waals surface area (Å²) in [7, 11) is 0. The van der Waals surface area contributed by atoms with Gasteiger partial charge in [0.15, 0.2) is 11.0 Å². The molecule has 1 saturated heterocycles. The second-order valence-electron chi connectivity index (χ2n) is 7.85. The summed E-state index contributed by atoms with van der Waals surface area (Å²) in [5, 5.41) is 9.86. The van der Waals surface area contributed by atoms with Crippen LogP contribution in [0.4, 0.5) is 4.39 Å². The Hall–Kier alpha value is -2.97. The van der Waals surface area contributed by atoms with Crippen LogP contribution in [-0.4, -0.2) is 37.7 Å². The molecular weight excluding hydrogens is 425 g/mol. The monoisotopic (exact) mass is 449 g/mol. The van der Waals surface area contributed by atoms with Crippen LogP contribution >= 0.6 is 11.8 Å². The maximum atomic E-state index is 13.2. The van der Waals surface area contributed by atoms with Crippen LogP contribution in [0.2, 0.25) is 0 Å². The predicted octanol–water partition coefficient (Wildman–Crippen LogP) is 5.34. The van der Waals surface area contributed by atoms with Gasteiger partial charge in [-0.2, -0.15) is 0 Å². The Bertz CT molecular complexity index is 1150. The molecule has 3 heterocycles. The van der Waals surface area contributed by atoms with Crippen molar-refractivity contribution < 1.29 is 8.81 Å². The molecule has 32 heavy (non-hydrogen) atoms. The largest absolute Gasteiger partial charge is 0.444 e. The summed E-state index contributed by atoms with van der Waals surface area (Å²) in [6.07, 6.45) is 5.43. The number of para-hydroxylation sites is 1. The predicted molar refractivity (Wildman–Crippen MR) is 122 cm³/mol. The zero-order valence-corrected chi connectivity index (χ0v) is 18.5. The van der Waals surface area contributed by atoms with Crippen LogP contribution in [-0.2, 0) is 12.3 Å². The number of likely N-dealkylation sites (tertiary alicyclic amines) is 1. The number of thioether (sulfide) groups is 1. The van der Waals surface area contributed by atoms with E-state index >= 15 is 0 Å². The van der Waals surface area contributed by atoms with Crippen molar-refractivity contribution in [3.05, 3.63) is 78.2 Å². The van der Waals surface area contributed by atoms with Gasteiger partial charge >= 0.3 is 0 Å². The van der Waals surface area contributed by atoms with Crippen molar-refractivity contribution in [2.24, 2.45) is 0 Å². The van der Waals surface area contributed by atoms with E-state index in [9.17, 15) is 4.39 Å². The Labute approximate surface area is 190 Å². The molecule has 0 radical (unpaired) electrons. The second kappa shape index (κ2) is 9.67. The molecule has 1 aliphatic rings. The van der Waals surface area contributed by atoms with E-state index in [1.807, 2.05) is 18.2 Å². The number of nitrogens with zero attached hydrogens (tertiary/aromatic N) is 5. The number of hydrogen-bond donors (Lipinski definition) is 0. The van der Waals surface area contributed by atoms with Crippen molar-refractivity contribution in [3.63, 3.8) is 0 Å². The molecule has 4 aromatic rings. The summed E-state index contributed by atoms with van der Waals surface area (Å²) in [5.74, 6) is 1.75. The molecule has 0 spiro atoms. The zero-order chi connectivity index (χ0) is 21.8.